The van der Waals surface area contributed by atoms with Gasteiger partial charge in [-0.3, -0.25) is 4.79 Å². The van der Waals surface area contributed by atoms with E-state index in [-0.39, 0.29) is 25.6 Å². The minimum atomic E-state index is -0.678. The Morgan fingerprint density at radius 1 is 1.14 bits per heavy atom. The average Bonchev–Trinajstić information content (AvgIpc) is 3.09. The summed E-state index contributed by atoms with van der Waals surface area (Å²) in [6, 6.07) is 15.0. The Kier molecular flexibility index (Phi) is 6.39. The van der Waals surface area contributed by atoms with Crippen molar-refractivity contribution in [3.8, 4) is 0 Å². The Bertz CT molecular complexity index is 866. The van der Waals surface area contributed by atoms with Gasteiger partial charge in [-0.1, -0.05) is 30.3 Å². The van der Waals surface area contributed by atoms with Crippen molar-refractivity contribution in [1.82, 2.24) is 4.90 Å². The number of nitrogens with one attached hydrogen (secondary N) is 1. The Morgan fingerprint density at radius 3 is 2.54 bits per heavy atom. The molecule has 0 radical (unpaired) electrons. The monoisotopic (exact) mass is 384 g/mol. The van der Waals surface area contributed by atoms with Gasteiger partial charge in [0.15, 0.2) is 0 Å². The maximum Gasteiger partial charge on any atom is 0.417 e. The van der Waals surface area contributed by atoms with Gasteiger partial charge in [0.2, 0.25) is 0 Å². The first-order valence-corrected chi connectivity index (χ1v) is 8.84. The molecule has 0 unspecified atom stereocenters. The van der Waals surface area contributed by atoms with Crippen molar-refractivity contribution in [3.63, 3.8) is 0 Å². The van der Waals surface area contributed by atoms with Crippen LogP contribution in [-0.2, 0) is 20.9 Å². The highest BCUT2D eigenvalue weighted by Crippen LogP contribution is 2.24. The standard InChI is InChI=1S/C21H21FN2O4/c1-27-14-19(23-17-9-7-16(22)8-10-17)18-11-12-24(20(18)25)21(26)28-13-15-5-3-2-4-6-15/h2-10,23H,11-14H2,1H3/b19-18+. The first-order valence-electron chi connectivity index (χ1n) is 8.84. The predicted octanol–water partition coefficient (Wildman–Crippen LogP) is 3.71. The van der Waals surface area contributed by atoms with Gasteiger partial charge in [-0.2, -0.15) is 0 Å². The Balaban J connectivity index is 1.69. The highest BCUT2D eigenvalue weighted by molar-refractivity contribution is 6.05. The third-order valence-electron chi connectivity index (χ3n) is 4.31. The van der Waals surface area contributed by atoms with E-state index in [1.807, 2.05) is 30.3 Å². The summed E-state index contributed by atoms with van der Waals surface area (Å²) in [5, 5.41) is 3.09. The van der Waals surface area contributed by atoms with Crippen molar-refractivity contribution < 1.29 is 23.5 Å². The zero-order valence-electron chi connectivity index (χ0n) is 15.5. The number of hydrogen-bond acceptors (Lipinski definition) is 5. The van der Waals surface area contributed by atoms with Gasteiger partial charge in [-0.25, -0.2) is 14.1 Å². The smallest absolute Gasteiger partial charge is 0.417 e. The van der Waals surface area contributed by atoms with Crippen LogP contribution in [-0.4, -0.2) is 37.2 Å². The maximum absolute atomic E-state index is 13.1. The van der Waals surface area contributed by atoms with Gasteiger partial charge in [0.05, 0.1) is 12.3 Å². The molecule has 2 aromatic carbocycles. The van der Waals surface area contributed by atoms with Gasteiger partial charge < -0.3 is 14.8 Å². The third-order valence-corrected chi connectivity index (χ3v) is 4.31. The Labute approximate surface area is 162 Å². The van der Waals surface area contributed by atoms with E-state index in [0.29, 0.717) is 23.4 Å². The van der Waals surface area contributed by atoms with E-state index in [1.54, 1.807) is 12.1 Å². The van der Waals surface area contributed by atoms with E-state index in [2.05, 4.69) is 5.32 Å². The molecule has 0 saturated carbocycles. The molecular formula is C21H21FN2O4. The fraction of sp³-hybridized carbons (Fsp3) is 0.238. The van der Waals surface area contributed by atoms with Crippen LogP contribution in [0.5, 0.6) is 0 Å². The predicted molar refractivity (Wildman–Crippen MR) is 102 cm³/mol. The van der Waals surface area contributed by atoms with Gasteiger partial charge >= 0.3 is 6.09 Å². The molecule has 146 valence electrons. The molecule has 0 aromatic heterocycles. The number of anilines is 1. The fourth-order valence-corrected chi connectivity index (χ4v) is 2.90. The number of amides is 2. The van der Waals surface area contributed by atoms with Crippen LogP contribution in [0.1, 0.15) is 12.0 Å². The first kappa shape index (κ1) is 19.6. The van der Waals surface area contributed by atoms with Gasteiger partial charge in [0, 0.05) is 24.9 Å². The van der Waals surface area contributed by atoms with E-state index in [1.165, 1.54) is 19.2 Å². The molecule has 3 rings (SSSR count). The highest BCUT2D eigenvalue weighted by Gasteiger charge is 2.34. The summed E-state index contributed by atoms with van der Waals surface area (Å²) in [5.41, 5.74) is 2.45. The van der Waals surface area contributed by atoms with Crippen LogP contribution in [0.25, 0.3) is 0 Å². The second-order valence-electron chi connectivity index (χ2n) is 6.27. The van der Waals surface area contributed by atoms with Gasteiger partial charge in [0.1, 0.15) is 12.4 Å². The lowest BCUT2D eigenvalue weighted by Crippen LogP contribution is -2.33. The fourth-order valence-electron chi connectivity index (χ4n) is 2.90. The summed E-state index contributed by atoms with van der Waals surface area (Å²) >= 11 is 0. The molecule has 1 aliphatic rings. The molecule has 0 spiro atoms. The van der Waals surface area contributed by atoms with Crippen LogP contribution in [0, 0.1) is 5.82 Å². The maximum atomic E-state index is 13.1. The quantitative estimate of drug-likeness (QED) is 0.769. The lowest BCUT2D eigenvalue weighted by molar-refractivity contribution is -0.123. The number of methoxy groups -OCH3 is 1. The molecule has 1 N–H and O–H groups in total. The Hall–Kier alpha value is -3.19. The van der Waals surface area contributed by atoms with E-state index < -0.39 is 12.0 Å². The molecule has 0 aliphatic carbocycles. The molecule has 2 aromatic rings. The molecule has 1 fully saturated rings. The van der Waals surface area contributed by atoms with Crippen LogP contribution in [0.4, 0.5) is 14.9 Å². The topological polar surface area (TPSA) is 67.9 Å². The molecule has 0 atom stereocenters. The number of carbonyl (C=O) groups excluding carboxylic acids is 2. The number of likely N-dealkylation sites (tertiary alicyclic amines) is 1. The van der Waals surface area contributed by atoms with Crippen molar-refractivity contribution in [2.75, 3.05) is 25.6 Å². The molecular weight excluding hydrogens is 363 g/mol. The van der Waals surface area contributed by atoms with Crippen molar-refractivity contribution in [2.45, 2.75) is 13.0 Å². The van der Waals surface area contributed by atoms with Gasteiger partial charge in [-0.15, -0.1) is 0 Å². The Morgan fingerprint density at radius 2 is 1.86 bits per heavy atom. The lowest BCUT2D eigenvalue weighted by atomic mass is 10.1. The summed E-state index contributed by atoms with van der Waals surface area (Å²) in [5.74, 6) is -0.768. The summed E-state index contributed by atoms with van der Waals surface area (Å²) in [4.78, 5) is 26.1. The third kappa shape index (κ3) is 4.75. The second kappa shape index (κ2) is 9.14. The van der Waals surface area contributed by atoms with Gasteiger partial charge in [-0.05, 0) is 36.2 Å². The number of hydrogen-bond donors (Lipinski definition) is 1. The number of carbonyl (C=O) groups is 2. The summed E-state index contributed by atoms with van der Waals surface area (Å²) < 4.78 is 23.5. The van der Waals surface area contributed by atoms with E-state index in [9.17, 15) is 14.0 Å². The minimum absolute atomic E-state index is 0.0985. The number of halogens is 1. The molecule has 1 heterocycles. The highest BCUT2D eigenvalue weighted by atomic mass is 19.1. The molecule has 6 nitrogen and oxygen atoms in total. The van der Waals surface area contributed by atoms with E-state index >= 15 is 0 Å². The van der Waals surface area contributed by atoms with Crippen molar-refractivity contribution in [3.05, 3.63) is 77.2 Å². The molecule has 0 bridgehead atoms. The summed E-state index contributed by atoms with van der Waals surface area (Å²) in [6.45, 7) is 0.493. The molecule has 1 saturated heterocycles. The number of nitrogens with zero attached hydrogens (tertiary/aromatic N) is 1. The van der Waals surface area contributed by atoms with Crippen LogP contribution in [0.2, 0.25) is 0 Å². The van der Waals surface area contributed by atoms with Crippen LogP contribution >= 0.6 is 0 Å². The number of benzene rings is 2. The largest absolute Gasteiger partial charge is 0.444 e. The van der Waals surface area contributed by atoms with Crippen LogP contribution < -0.4 is 5.32 Å². The molecule has 7 heteroatoms. The number of rotatable bonds is 6. The molecule has 1 aliphatic heterocycles. The van der Waals surface area contributed by atoms with E-state index in [4.69, 9.17) is 9.47 Å². The normalized spacial score (nSPS) is 15.5. The molecule has 28 heavy (non-hydrogen) atoms. The zero-order valence-corrected chi connectivity index (χ0v) is 15.5. The second-order valence-corrected chi connectivity index (χ2v) is 6.27. The number of imide groups is 1. The summed E-state index contributed by atoms with van der Waals surface area (Å²) in [7, 11) is 1.51. The van der Waals surface area contributed by atoms with Crippen molar-refractivity contribution in [2.24, 2.45) is 0 Å². The van der Waals surface area contributed by atoms with Crippen molar-refractivity contribution in [1.29, 1.82) is 0 Å². The number of ether oxygens (including phenoxy) is 2. The zero-order chi connectivity index (χ0) is 19.9. The van der Waals surface area contributed by atoms with Gasteiger partial charge in [0.25, 0.3) is 5.91 Å². The van der Waals surface area contributed by atoms with E-state index in [0.717, 1.165) is 10.5 Å². The first-order chi connectivity index (χ1) is 13.6. The lowest BCUT2D eigenvalue weighted by Gasteiger charge is -2.15. The summed E-state index contributed by atoms with van der Waals surface area (Å²) in [6.07, 6.45) is -0.297. The van der Waals surface area contributed by atoms with Crippen LogP contribution in [0.15, 0.2) is 65.9 Å². The SMILES string of the molecule is COC/C(Nc1ccc(F)cc1)=C1/CCN(C(=O)OCc2ccccc2)C1=O. The van der Waals surface area contributed by atoms with Crippen molar-refractivity contribution >= 4 is 17.7 Å². The minimum Gasteiger partial charge on any atom is -0.444 e. The average molecular weight is 384 g/mol. The van der Waals surface area contributed by atoms with Crippen LogP contribution in [0.3, 0.4) is 0 Å². The molecule has 2 amide bonds.